The average molecular weight is 331 g/mol. The number of urea groups is 1. The second-order valence-electron chi connectivity index (χ2n) is 5.27. The van der Waals surface area contributed by atoms with Gasteiger partial charge in [-0.1, -0.05) is 13.8 Å². The number of rotatable bonds is 2. The largest absolute Gasteiger partial charge is 0.416 e. The van der Waals surface area contributed by atoms with E-state index in [4.69, 9.17) is 0 Å². The molecule has 0 saturated carbocycles. The van der Waals surface area contributed by atoms with Gasteiger partial charge in [0.15, 0.2) is 0 Å². The number of hydrogen-bond acceptors (Lipinski definition) is 2. The molecule has 7 heteroatoms. The molecule has 0 radical (unpaired) electrons. The molecule has 2 amide bonds. The van der Waals surface area contributed by atoms with Gasteiger partial charge in [-0.05, 0) is 50.7 Å². The average Bonchev–Trinajstić information content (AvgIpc) is 2.49. The summed E-state index contributed by atoms with van der Waals surface area (Å²) in [7, 11) is 1.99. The summed E-state index contributed by atoms with van der Waals surface area (Å²) >= 11 is 0. The Labute approximate surface area is 135 Å². The molecule has 4 nitrogen and oxygen atoms in total. The van der Waals surface area contributed by atoms with Crippen LogP contribution in [0.4, 0.5) is 23.7 Å². The maximum absolute atomic E-state index is 12.4. The maximum Gasteiger partial charge on any atom is 0.416 e. The number of carbonyl (C=O) groups is 1. The molecule has 1 aliphatic heterocycles. The first-order chi connectivity index (χ1) is 10.8. The third kappa shape index (κ3) is 6.48. The highest BCUT2D eigenvalue weighted by molar-refractivity contribution is 5.89. The van der Waals surface area contributed by atoms with Crippen LogP contribution >= 0.6 is 0 Å². The van der Waals surface area contributed by atoms with Crippen LogP contribution in [-0.4, -0.2) is 37.1 Å². The Kier molecular flexibility index (Phi) is 7.35. The number of alkyl halides is 3. The molecule has 2 rings (SSSR count). The van der Waals surface area contributed by atoms with Crippen molar-refractivity contribution in [2.75, 3.05) is 25.5 Å². The van der Waals surface area contributed by atoms with Gasteiger partial charge in [0, 0.05) is 18.3 Å². The number of carbonyl (C=O) groups excluding carboxylic acids is 1. The molecule has 1 aromatic carbocycles. The Morgan fingerprint density at radius 1 is 1.22 bits per heavy atom. The van der Waals surface area contributed by atoms with Crippen LogP contribution in [-0.2, 0) is 6.18 Å². The highest BCUT2D eigenvalue weighted by Crippen LogP contribution is 2.29. The molecule has 0 aromatic heterocycles. The van der Waals surface area contributed by atoms with Crippen molar-refractivity contribution in [3.8, 4) is 0 Å². The minimum absolute atomic E-state index is 0.0678. The third-order valence-electron chi connectivity index (χ3n) is 3.43. The molecule has 1 aromatic rings. The van der Waals surface area contributed by atoms with Crippen LogP contribution in [0, 0.1) is 0 Å². The van der Waals surface area contributed by atoms with Crippen LogP contribution in [0.1, 0.15) is 32.3 Å². The van der Waals surface area contributed by atoms with Crippen molar-refractivity contribution in [1.29, 1.82) is 0 Å². The standard InChI is InChI=1S/C14H18F3N3O.C2H6/c1-20-8-2-3-12(9-20)19-13(21)18-11-6-4-10(5-7-11)14(15,16)17;1-2/h4-7,12H,2-3,8-9H2,1H3,(H2,18,19,21);1-2H3/t12-;/m1./s1. The summed E-state index contributed by atoms with van der Waals surface area (Å²) in [6.45, 7) is 5.79. The first kappa shape index (κ1) is 19.3. The van der Waals surface area contributed by atoms with Gasteiger partial charge in [0.1, 0.15) is 0 Å². The fourth-order valence-electron chi connectivity index (χ4n) is 2.38. The smallest absolute Gasteiger partial charge is 0.334 e. The third-order valence-corrected chi connectivity index (χ3v) is 3.43. The number of likely N-dealkylation sites (tertiary alicyclic amines) is 1. The number of nitrogens with one attached hydrogen (secondary N) is 2. The monoisotopic (exact) mass is 331 g/mol. The number of anilines is 1. The highest BCUT2D eigenvalue weighted by Gasteiger charge is 2.30. The van der Waals surface area contributed by atoms with Gasteiger partial charge in [-0.2, -0.15) is 13.2 Å². The lowest BCUT2D eigenvalue weighted by atomic mass is 10.1. The number of benzene rings is 1. The fourth-order valence-corrected chi connectivity index (χ4v) is 2.38. The maximum atomic E-state index is 12.4. The SMILES string of the molecule is CC.CN1CCC[C@@H](NC(=O)Nc2ccc(C(F)(F)F)cc2)C1. The second kappa shape index (κ2) is 8.76. The lowest BCUT2D eigenvalue weighted by molar-refractivity contribution is -0.137. The van der Waals surface area contributed by atoms with E-state index >= 15 is 0 Å². The molecular weight excluding hydrogens is 307 g/mol. The molecule has 0 bridgehead atoms. The van der Waals surface area contributed by atoms with Gasteiger partial charge in [-0.3, -0.25) is 0 Å². The molecule has 1 fully saturated rings. The summed E-state index contributed by atoms with van der Waals surface area (Å²) in [6, 6.07) is 4.06. The molecule has 130 valence electrons. The van der Waals surface area contributed by atoms with Crippen LogP contribution in [0.2, 0.25) is 0 Å². The van der Waals surface area contributed by atoms with Gasteiger partial charge in [0.25, 0.3) is 0 Å². The number of halogens is 3. The normalized spacial score (nSPS) is 18.6. The number of nitrogens with zero attached hydrogens (tertiary/aromatic N) is 1. The van der Waals surface area contributed by atoms with Crippen LogP contribution in [0.5, 0.6) is 0 Å². The van der Waals surface area contributed by atoms with Gasteiger partial charge in [-0.25, -0.2) is 4.79 Å². The Balaban J connectivity index is 0.00000127. The Bertz CT molecular complexity index is 488. The Morgan fingerprint density at radius 2 is 1.83 bits per heavy atom. The van der Waals surface area contributed by atoms with Crippen molar-refractivity contribution >= 4 is 11.7 Å². The minimum Gasteiger partial charge on any atom is -0.334 e. The molecule has 1 aliphatic rings. The molecular formula is C16H24F3N3O. The predicted octanol–water partition coefficient (Wildman–Crippen LogP) is 3.95. The van der Waals surface area contributed by atoms with Crippen LogP contribution < -0.4 is 10.6 Å². The summed E-state index contributed by atoms with van der Waals surface area (Å²) < 4.78 is 37.3. The van der Waals surface area contributed by atoms with E-state index in [0.717, 1.165) is 38.1 Å². The summed E-state index contributed by atoms with van der Waals surface area (Å²) in [5.41, 5.74) is -0.396. The van der Waals surface area contributed by atoms with Gasteiger partial charge < -0.3 is 15.5 Å². The van der Waals surface area contributed by atoms with Gasteiger partial charge >= 0.3 is 12.2 Å². The second-order valence-corrected chi connectivity index (χ2v) is 5.27. The van der Waals surface area contributed by atoms with Crippen molar-refractivity contribution in [2.45, 2.75) is 38.9 Å². The summed E-state index contributed by atoms with van der Waals surface area (Å²) in [4.78, 5) is 13.9. The van der Waals surface area contributed by atoms with Crippen molar-refractivity contribution in [1.82, 2.24) is 10.2 Å². The molecule has 0 aliphatic carbocycles. The lowest BCUT2D eigenvalue weighted by Crippen LogP contribution is -2.47. The zero-order chi connectivity index (χ0) is 17.5. The van der Waals surface area contributed by atoms with E-state index in [1.807, 2.05) is 20.9 Å². The van der Waals surface area contributed by atoms with E-state index in [0.29, 0.717) is 5.69 Å². The fraction of sp³-hybridized carbons (Fsp3) is 0.562. The van der Waals surface area contributed by atoms with E-state index in [-0.39, 0.29) is 6.04 Å². The zero-order valence-corrected chi connectivity index (χ0v) is 13.7. The van der Waals surface area contributed by atoms with E-state index in [1.165, 1.54) is 12.1 Å². The van der Waals surface area contributed by atoms with E-state index in [9.17, 15) is 18.0 Å². The number of piperidine rings is 1. The quantitative estimate of drug-likeness (QED) is 0.862. The molecule has 1 saturated heterocycles. The molecule has 0 unspecified atom stereocenters. The summed E-state index contributed by atoms with van der Waals surface area (Å²) in [5.74, 6) is 0. The molecule has 2 N–H and O–H groups in total. The lowest BCUT2D eigenvalue weighted by Gasteiger charge is -2.30. The first-order valence-corrected chi connectivity index (χ1v) is 7.78. The van der Waals surface area contributed by atoms with Gasteiger partial charge in [0.2, 0.25) is 0 Å². The van der Waals surface area contributed by atoms with Gasteiger partial charge in [0.05, 0.1) is 5.56 Å². The van der Waals surface area contributed by atoms with Crippen LogP contribution in [0.3, 0.4) is 0 Å². The first-order valence-electron chi connectivity index (χ1n) is 7.78. The summed E-state index contributed by atoms with van der Waals surface area (Å²) in [5, 5.41) is 5.38. The van der Waals surface area contributed by atoms with Gasteiger partial charge in [-0.15, -0.1) is 0 Å². The van der Waals surface area contributed by atoms with Crippen molar-refractivity contribution in [3.05, 3.63) is 29.8 Å². The molecule has 1 atom stereocenters. The highest BCUT2D eigenvalue weighted by atomic mass is 19.4. The van der Waals surface area contributed by atoms with Crippen molar-refractivity contribution in [2.24, 2.45) is 0 Å². The van der Waals surface area contributed by atoms with Crippen LogP contribution in [0.15, 0.2) is 24.3 Å². The van der Waals surface area contributed by atoms with E-state index in [1.54, 1.807) is 0 Å². The molecule has 0 spiro atoms. The minimum atomic E-state index is -4.37. The van der Waals surface area contributed by atoms with Crippen molar-refractivity contribution in [3.63, 3.8) is 0 Å². The topological polar surface area (TPSA) is 44.4 Å². The predicted molar refractivity (Wildman–Crippen MR) is 85.5 cm³/mol. The van der Waals surface area contributed by atoms with E-state index < -0.39 is 17.8 Å². The zero-order valence-electron chi connectivity index (χ0n) is 13.7. The molecule has 23 heavy (non-hydrogen) atoms. The number of hydrogen-bond donors (Lipinski definition) is 2. The van der Waals surface area contributed by atoms with Crippen molar-refractivity contribution < 1.29 is 18.0 Å². The summed E-state index contributed by atoms with van der Waals surface area (Å²) in [6.07, 6.45) is -2.44. The number of amides is 2. The Morgan fingerprint density at radius 3 is 2.35 bits per heavy atom. The number of likely N-dealkylation sites (N-methyl/N-ethyl adjacent to an activating group) is 1. The van der Waals surface area contributed by atoms with E-state index in [2.05, 4.69) is 15.5 Å². The molecule has 1 heterocycles. The Hall–Kier alpha value is -1.76. The van der Waals surface area contributed by atoms with Crippen LogP contribution in [0.25, 0.3) is 0 Å².